The molecule has 2 aromatic rings. The summed E-state index contributed by atoms with van der Waals surface area (Å²) in [6, 6.07) is 13.0. The quantitative estimate of drug-likeness (QED) is 0.849. The zero-order valence-corrected chi connectivity index (χ0v) is 12.2. The van der Waals surface area contributed by atoms with Crippen LogP contribution in [-0.2, 0) is 6.42 Å². The summed E-state index contributed by atoms with van der Waals surface area (Å²) in [7, 11) is 0. The highest BCUT2D eigenvalue weighted by Gasteiger charge is 2.11. The topological polar surface area (TPSA) is 26.0 Å². The Morgan fingerprint density at radius 3 is 2.40 bits per heavy atom. The van der Waals surface area contributed by atoms with Crippen LogP contribution in [0.2, 0.25) is 0 Å². The average molecular weight is 271 g/mol. The summed E-state index contributed by atoms with van der Waals surface area (Å²) < 4.78 is 13.1. The SMILES string of the molecule is CCCCc1ccc(C(N)c2ccc(F)cc2C)cc1. The van der Waals surface area contributed by atoms with Gasteiger partial charge in [-0.05, 0) is 54.2 Å². The first kappa shape index (κ1) is 14.7. The lowest BCUT2D eigenvalue weighted by Crippen LogP contribution is -2.13. The number of halogens is 1. The van der Waals surface area contributed by atoms with Crippen LogP contribution in [0.4, 0.5) is 4.39 Å². The Balaban J connectivity index is 2.18. The second-order valence-electron chi connectivity index (χ2n) is 5.32. The van der Waals surface area contributed by atoms with Crippen molar-refractivity contribution in [3.63, 3.8) is 0 Å². The largest absolute Gasteiger partial charge is 0.320 e. The third kappa shape index (κ3) is 3.45. The summed E-state index contributed by atoms with van der Waals surface area (Å²) in [5.41, 5.74) is 10.6. The van der Waals surface area contributed by atoms with Crippen molar-refractivity contribution in [1.29, 1.82) is 0 Å². The minimum absolute atomic E-state index is 0.198. The van der Waals surface area contributed by atoms with Gasteiger partial charge in [-0.2, -0.15) is 0 Å². The van der Waals surface area contributed by atoms with Gasteiger partial charge in [-0.1, -0.05) is 43.7 Å². The number of unbranched alkanes of at least 4 members (excludes halogenated alkanes) is 1. The van der Waals surface area contributed by atoms with Crippen molar-refractivity contribution in [3.05, 3.63) is 70.5 Å². The predicted molar refractivity (Wildman–Crippen MR) is 82.2 cm³/mol. The molecule has 0 aliphatic heterocycles. The fourth-order valence-corrected chi connectivity index (χ4v) is 2.44. The molecule has 0 aliphatic rings. The van der Waals surface area contributed by atoms with Gasteiger partial charge in [-0.15, -0.1) is 0 Å². The molecular formula is C18H22FN. The first-order valence-electron chi connectivity index (χ1n) is 7.22. The molecule has 2 heteroatoms. The van der Waals surface area contributed by atoms with Gasteiger partial charge in [-0.25, -0.2) is 4.39 Å². The van der Waals surface area contributed by atoms with E-state index in [-0.39, 0.29) is 11.9 Å². The smallest absolute Gasteiger partial charge is 0.123 e. The maximum Gasteiger partial charge on any atom is 0.123 e. The Morgan fingerprint density at radius 1 is 1.10 bits per heavy atom. The van der Waals surface area contributed by atoms with E-state index >= 15 is 0 Å². The van der Waals surface area contributed by atoms with Gasteiger partial charge in [0.25, 0.3) is 0 Å². The monoisotopic (exact) mass is 271 g/mol. The Morgan fingerprint density at radius 2 is 1.80 bits per heavy atom. The van der Waals surface area contributed by atoms with Crippen LogP contribution in [0.1, 0.15) is 48.1 Å². The maximum atomic E-state index is 13.1. The van der Waals surface area contributed by atoms with E-state index in [1.807, 2.05) is 6.92 Å². The highest BCUT2D eigenvalue weighted by Crippen LogP contribution is 2.23. The molecule has 0 spiro atoms. The summed E-state index contributed by atoms with van der Waals surface area (Å²) in [6.45, 7) is 4.09. The Labute approximate surface area is 120 Å². The minimum Gasteiger partial charge on any atom is -0.320 e. The van der Waals surface area contributed by atoms with Gasteiger partial charge in [0.2, 0.25) is 0 Å². The molecule has 0 saturated heterocycles. The molecular weight excluding hydrogens is 249 g/mol. The number of nitrogens with two attached hydrogens (primary N) is 1. The van der Waals surface area contributed by atoms with Crippen LogP contribution in [-0.4, -0.2) is 0 Å². The number of rotatable bonds is 5. The predicted octanol–water partition coefficient (Wildman–Crippen LogP) is 4.52. The van der Waals surface area contributed by atoms with Crippen molar-refractivity contribution in [2.45, 2.75) is 39.2 Å². The molecule has 0 fully saturated rings. The number of hydrogen-bond acceptors (Lipinski definition) is 1. The molecule has 106 valence electrons. The standard InChI is InChI=1S/C18H22FN/c1-3-4-5-14-6-8-15(9-7-14)18(20)17-11-10-16(19)12-13(17)2/h6-12,18H,3-5,20H2,1-2H3. The number of benzene rings is 2. The fraction of sp³-hybridized carbons (Fsp3) is 0.333. The normalized spacial score (nSPS) is 12.4. The van der Waals surface area contributed by atoms with E-state index in [4.69, 9.17) is 5.73 Å². The van der Waals surface area contributed by atoms with Crippen LogP contribution in [0.5, 0.6) is 0 Å². The van der Waals surface area contributed by atoms with E-state index in [0.717, 1.165) is 23.1 Å². The Bertz CT molecular complexity index is 560. The molecule has 0 aromatic heterocycles. The molecule has 0 heterocycles. The third-order valence-electron chi connectivity index (χ3n) is 3.72. The van der Waals surface area contributed by atoms with Crippen molar-refractivity contribution in [2.75, 3.05) is 0 Å². The van der Waals surface area contributed by atoms with E-state index in [9.17, 15) is 4.39 Å². The summed E-state index contributed by atoms with van der Waals surface area (Å²) >= 11 is 0. The van der Waals surface area contributed by atoms with Gasteiger partial charge in [0.05, 0.1) is 6.04 Å². The third-order valence-corrected chi connectivity index (χ3v) is 3.72. The van der Waals surface area contributed by atoms with E-state index in [1.54, 1.807) is 6.07 Å². The lowest BCUT2D eigenvalue weighted by molar-refractivity contribution is 0.624. The maximum absolute atomic E-state index is 13.1. The fourth-order valence-electron chi connectivity index (χ4n) is 2.44. The van der Waals surface area contributed by atoms with Crippen molar-refractivity contribution in [1.82, 2.24) is 0 Å². The molecule has 20 heavy (non-hydrogen) atoms. The lowest BCUT2D eigenvalue weighted by atomic mass is 9.94. The van der Waals surface area contributed by atoms with Gasteiger partial charge >= 0.3 is 0 Å². The molecule has 2 rings (SSSR count). The lowest BCUT2D eigenvalue weighted by Gasteiger charge is -2.16. The first-order chi connectivity index (χ1) is 9.61. The number of hydrogen-bond donors (Lipinski definition) is 1. The summed E-state index contributed by atoms with van der Waals surface area (Å²) in [4.78, 5) is 0. The van der Waals surface area contributed by atoms with Crippen LogP contribution in [0.3, 0.4) is 0 Å². The number of aryl methyl sites for hydroxylation is 2. The molecule has 1 atom stereocenters. The van der Waals surface area contributed by atoms with E-state index in [1.165, 1.54) is 30.5 Å². The van der Waals surface area contributed by atoms with Crippen LogP contribution >= 0.6 is 0 Å². The molecule has 0 radical (unpaired) electrons. The first-order valence-corrected chi connectivity index (χ1v) is 7.22. The molecule has 0 amide bonds. The zero-order valence-electron chi connectivity index (χ0n) is 12.2. The minimum atomic E-state index is -0.214. The molecule has 2 N–H and O–H groups in total. The molecule has 2 aromatic carbocycles. The van der Waals surface area contributed by atoms with Crippen LogP contribution in [0.25, 0.3) is 0 Å². The van der Waals surface area contributed by atoms with Crippen molar-refractivity contribution in [2.24, 2.45) is 5.73 Å². The van der Waals surface area contributed by atoms with Crippen LogP contribution < -0.4 is 5.73 Å². The van der Waals surface area contributed by atoms with Crippen molar-refractivity contribution >= 4 is 0 Å². The summed E-state index contributed by atoms with van der Waals surface area (Å²) in [5.74, 6) is -0.214. The van der Waals surface area contributed by atoms with Gasteiger partial charge in [0, 0.05) is 0 Å². The van der Waals surface area contributed by atoms with Gasteiger partial charge in [0.1, 0.15) is 5.82 Å². The van der Waals surface area contributed by atoms with Crippen LogP contribution in [0, 0.1) is 12.7 Å². The second kappa shape index (κ2) is 6.67. The van der Waals surface area contributed by atoms with Gasteiger partial charge < -0.3 is 5.73 Å². The van der Waals surface area contributed by atoms with Gasteiger partial charge in [0.15, 0.2) is 0 Å². The Hall–Kier alpha value is -1.67. The second-order valence-corrected chi connectivity index (χ2v) is 5.32. The van der Waals surface area contributed by atoms with E-state index in [0.29, 0.717) is 0 Å². The van der Waals surface area contributed by atoms with E-state index in [2.05, 4.69) is 31.2 Å². The summed E-state index contributed by atoms with van der Waals surface area (Å²) in [6.07, 6.45) is 3.53. The van der Waals surface area contributed by atoms with Crippen molar-refractivity contribution in [3.8, 4) is 0 Å². The molecule has 1 unspecified atom stereocenters. The molecule has 1 nitrogen and oxygen atoms in total. The zero-order chi connectivity index (χ0) is 14.5. The Kier molecular flexibility index (Phi) is 4.91. The molecule has 0 aliphatic carbocycles. The molecule has 0 bridgehead atoms. The molecule has 0 saturated carbocycles. The highest BCUT2D eigenvalue weighted by atomic mass is 19.1. The van der Waals surface area contributed by atoms with Crippen molar-refractivity contribution < 1.29 is 4.39 Å². The van der Waals surface area contributed by atoms with Crippen LogP contribution in [0.15, 0.2) is 42.5 Å². The summed E-state index contributed by atoms with van der Waals surface area (Å²) in [5, 5.41) is 0. The highest BCUT2D eigenvalue weighted by molar-refractivity contribution is 5.37. The average Bonchev–Trinajstić information content (AvgIpc) is 2.45. The van der Waals surface area contributed by atoms with Gasteiger partial charge in [-0.3, -0.25) is 0 Å². The van der Waals surface area contributed by atoms with E-state index < -0.39 is 0 Å².